The maximum absolute atomic E-state index is 13.0. The van der Waals surface area contributed by atoms with Crippen molar-refractivity contribution in [2.24, 2.45) is 0 Å². The topological polar surface area (TPSA) is 75.7 Å². The first-order valence-electron chi connectivity index (χ1n) is 9.81. The minimum absolute atomic E-state index is 0.0377. The van der Waals surface area contributed by atoms with Crippen LogP contribution in [-0.4, -0.2) is 31.1 Å². The van der Waals surface area contributed by atoms with E-state index in [1.165, 1.54) is 6.92 Å². The average molecular weight is 419 g/mol. The summed E-state index contributed by atoms with van der Waals surface area (Å²) in [5.41, 5.74) is 3.75. The summed E-state index contributed by atoms with van der Waals surface area (Å²) in [6.45, 7) is 9.93. The minimum atomic E-state index is -3.56. The smallest absolute Gasteiger partial charge is 0.322 e. The number of carbonyl (C=O) groups is 1. The Balaban J connectivity index is 2.17. The zero-order chi connectivity index (χ0) is 21.6. The van der Waals surface area contributed by atoms with Crippen molar-refractivity contribution in [1.82, 2.24) is 4.90 Å². The fourth-order valence-corrected chi connectivity index (χ4v) is 3.41. The molecule has 2 aromatic rings. The summed E-state index contributed by atoms with van der Waals surface area (Å²) in [5.74, 6) is 0.181. The third kappa shape index (κ3) is 6.22. The van der Waals surface area contributed by atoms with Gasteiger partial charge in [-0.1, -0.05) is 37.3 Å². The number of rotatable bonds is 8. The maximum atomic E-state index is 13.0. The van der Waals surface area contributed by atoms with Gasteiger partial charge in [-0.15, -0.1) is 0 Å². The summed E-state index contributed by atoms with van der Waals surface area (Å²) in [5, 5.41) is 3.05. The van der Waals surface area contributed by atoms with Gasteiger partial charge in [-0.25, -0.2) is 4.79 Å². The molecule has 2 rings (SSSR count). The number of nitrogens with one attached hydrogen (secondary N) is 1. The first kappa shape index (κ1) is 22.7. The Hall–Kier alpha value is -2.54. The van der Waals surface area contributed by atoms with Crippen LogP contribution in [0.3, 0.4) is 0 Å². The molecular weight excluding hydrogens is 388 g/mol. The second kappa shape index (κ2) is 9.78. The van der Waals surface area contributed by atoms with Gasteiger partial charge in [-0.05, 0) is 62.9 Å². The highest BCUT2D eigenvalue weighted by Gasteiger charge is 2.21. The Morgan fingerprint density at radius 3 is 2.17 bits per heavy atom. The van der Waals surface area contributed by atoms with Crippen LogP contribution in [0.25, 0.3) is 0 Å². The van der Waals surface area contributed by atoms with Crippen LogP contribution in [0.2, 0.25) is 0 Å². The second-order valence-electron chi connectivity index (χ2n) is 7.16. The van der Waals surface area contributed by atoms with Crippen LogP contribution in [0.15, 0.2) is 42.5 Å². The first-order chi connectivity index (χ1) is 13.7. The molecule has 0 aromatic heterocycles. The Labute approximate surface area is 174 Å². The van der Waals surface area contributed by atoms with E-state index < -0.39 is 10.1 Å². The first-order valence-corrected chi connectivity index (χ1v) is 11.4. The predicted molar refractivity (Wildman–Crippen MR) is 117 cm³/mol. The van der Waals surface area contributed by atoms with E-state index in [-0.39, 0.29) is 23.6 Å². The largest absolute Gasteiger partial charge is 0.382 e. The third-order valence-corrected chi connectivity index (χ3v) is 6.10. The van der Waals surface area contributed by atoms with Gasteiger partial charge in [0.15, 0.2) is 0 Å². The van der Waals surface area contributed by atoms with Crippen molar-refractivity contribution in [3.63, 3.8) is 0 Å². The summed E-state index contributed by atoms with van der Waals surface area (Å²) < 4.78 is 28.2. The van der Waals surface area contributed by atoms with Gasteiger partial charge in [0.2, 0.25) is 0 Å². The predicted octanol–water partition coefficient (Wildman–Crippen LogP) is 4.86. The van der Waals surface area contributed by atoms with Crippen LogP contribution in [0.4, 0.5) is 10.5 Å². The van der Waals surface area contributed by atoms with Crippen molar-refractivity contribution in [2.75, 3.05) is 11.1 Å². The van der Waals surface area contributed by atoms with Gasteiger partial charge in [0.25, 0.3) is 0 Å². The normalized spacial score (nSPS) is 12.3. The Bertz CT molecular complexity index is 920. The monoisotopic (exact) mass is 418 g/mol. The van der Waals surface area contributed by atoms with Gasteiger partial charge in [0, 0.05) is 18.3 Å². The van der Waals surface area contributed by atoms with Crippen LogP contribution >= 0.6 is 0 Å². The molecule has 2 aromatic carbocycles. The van der Waals surface area contributed by atoms with Crippen molar-refractivity contribution in [1.29, 1.82) is 0 Å². The van der Waals surface area contributed by atoms with E-state index in [4.69, 9.17) is 4.18 Å². The van der Waals surface area contributed by atoms with Crippen molar-refractivity contribution >= 4 is 21.8 Å². The molecule has 0 radical (unpaired) electrons. The lowest BCUT2D eigenvalue weighted by Gasteiger charge is -2.29. The number of hydrogen-bond donors (Lipinski definition) is 1. The molecule has 0 aliphatic carbocycles. The third-order valence-electron chi connectivity index (χ3n) is 4.95. The van der Waals surface area contributed by atoms with Crippen molar-refractivity contribution in [2.45, 2.75) is 53.6 Å². The van der Waals surface area contributed by atoms with Crippen molar-refractivity contribution in [3.8, 4) is 5.75 Å². The summed E-state index contributed by atoms with van der Waals surface area (Å²) >= 11 is 0. The Kier molecular flexibility index (Phi) is 7.67. The average Bonchev–Trinajstić information content (AvgIpc) is 2.69. The molecule has 7 heteroatoms. The molecule has 6 nitrogen and oxygen atoms in total. The fourth-order valence-electron chi connectivity index (χ4n) is 2.89. The summed E-state index contributed by atoms with van der Waals surface area (Å²) in [6.07, 6.45) is 0.816. The van der Waals surface area contributed by atoms with Gasteiger partial charge in [-0.2, -0.15) is 8.42 Å². The van der Waals surface area contributed by atoms with Crippen LogP contribution in [0.1, 0.15) is 43.9 Å². The maximum Gasteiger partial charge on any atom is 0.322 e. The number of benzene rings is 2. The van der Waals surface area contributed by atoms with E-state index in [1.807, 2.05) is 45.9 Å². The van der Waals surface area contributed by atoms with Crippen molar-refractivity contribution in [3.05, 3.63) is 59.2 Å². The lowest BCUT2D eigenvalue weighted by atomic mass is 10.1. The van der Waals surface area contributed by atoms with Crippen molar-refractivity contribution < 1.29 is 17.4 Å². The van der Waals surface area contributed by atoms with Crippen LogP contribution in [0.5, 0.6) is 5.75 Å². The van der Waals surface area contributed by atoms with Gasteiger partial charge >= 0.3 is 16.1 Å². The number of aryl methyl sites for hydroxylation is 2. The second-order valence-corrected chi connectivity index (χ2v) is 9.02. The number of amides is 2. The highest BCUT2D eigenvalue weighted by Crippen LogP contribution is 2.22. The highest BCUT2D eigenvalue weighted by molar-refractivity contribution is 7.87. The van der Waals surface area contributed by atoms with Gasteiger partial charge < -0.3 is 14.4 Å². The molecule has 0 bridgehead atoms. The Morgan fingerprint density at radius 1 is 1.07 bits per heavy atom. The summed E-state index contributed by atoms with van der Waals surface area (Å²) in [6, 6.07) is 12.6. The van der Waals surface area contributed by atoms with E-state index >= 15 is 0 Å². The zero-order valence-electron chi connectivity index (χ0n) is 17.7. The number of nitrogens with zero attached hydrogens (tertiary/aromatic N) is 1. The number of urea groups is 1. The fraction of sp³-hybridized carbons (Fsp3) is 0.409. The molecule has 0 fully saturated rings. The molecule has 0 saturated carbocycles. The molecule has 29 heavy (non-hydrogen) atoms. The minimum Gasteiger partial charge on any atom is -0.382 e. The van der Waals surface area contributed by atoms with E-state index in [9.17, 15) is 13.2 Å². The molecule has 1 N–H and O–H groups in total. The molecule has 0 heterocycles. The SMILES string of the molecule is CC[C@H](C)N(Cc1ccc(OS(=O)(=O)CC)cc1)C(=O)Nc1c(C)cccc1C. The van der Waals surface area contributed by atoms with Crippen LogP contribution in [0, 0.1) is 13.8 Å². The quantitative estimate of drug-likeness (QED) is 0.621. The molecule has 0 unspecified atom stereocenters. The van der Waals surface area contributed by atoms with E-state index in [0.29, 0.717) is 6.54 Å². The van der Waals surface area contributed by atoms with Gasteiger partial charge in [0.05, 0.1) is 5.75 Å². The number of carbonyl (C=O) groups excluding carboxylic acids is 1. The number of anilines is 1. The van der Waals surface area contributed by atoms with Crippen LogP contribution < -0.4 is 9.50 Å². The van der Waals surface area contributed by atoms with Crippen LogP contribution in [-0.2, 0) is 16.7 Å². The van der Waals surface area contributed by atoms with E-state index in [2.05, 4.69) is 5.32 Å². The molecular formula is C22H30N2O4S. The van der Waals surface area contributed by atoms with Gasteiger partial charge in [0.1, 0.15) is 5.75 Å². The Morgan fingerprint density at radius 2 is 1.66 bits per heavy atom. The highest BCUT2D eigenvalue weighted by atomic mass is 32.2. The number of para-hydroxylation sites is 1. The van der Waals surface area contributed by atoms with E-state index in [0.717, 1.165) is 28.8 Å². The molecule has 158 valence electrons. The summed E-state index contributed by atoms with van der Waals surface area (Å²) in [7, 11) is -3.56. The molecule has 0 saturated heterocycles. The molecule has 0 aliphatic heterocycles. The molecule has 0 spiro atoms. The lowest BCUT2D eigenvalue weighted by molar-refractivity contribution is 0.187. The zero-order valence-corrected chi connectivity index (χ0v) is 18.5. The van der Waals surface area contributed by atoms with E-state index in [1.54, 1.807) is 29.2 Å². The number of hydrogen-bond acceptors (Lipinski definition) is 4. The molecule has 1 atom stereocenters. The molecule has 2 amide bonds. The lowest BCUT2D eigenvalue weighted by Crippen LogP contribution is -2.40. The van der Waals surface area contributed by atoms with Gasteiger partial charge in [-0.3, -0.25) is 0 Å². The molecule has 0 aliphatic rings. The summed E-state index contributed by atoms with van der Waals surface area (Å²) in [4.78, 5) is 14.8. The standard InChI is InChI=1S/C22H30N2O4S/c1-6-18(5)24(22(25)23-21-16(3)9-8-10-17(21)4)15-19-11-13-20(14-12-19)28-29(26,27)7-2/h8-14,18H,6-7,15H2,1-5H3,(H,23,25)/t18-/m0/s1.